The number of amides is 1. The number of nitrogens with one attached hydrogen (secondary N) is 1. The van der Waals surface area contributed by atoms with Crippen LogP contribution in [0.5, 0.6) is 0 Å². The van der Waals surface area contributed by atoms with Gasteiger partial charge in [0.15, 0.2) is 0 Å². The molecule has 0 aliphatic heterocycles. The zero-order valence-electron chi connectivity index (χ0n) is 14.7. The molecule has 0 fully saturated rings. The largest absolute Gasteiger partial charge is 0.444 e. The summed E-state index contributed by atoms with van der Waals surface area (Å²) in [6.45, 7) is 11.5. The molecule has 1 aromatic rings. The van der Waals surface area contributed by atoms with Crippen LogP contribution in [0.15, 0.2) is 24.3 Å². The van der Waals surface area contributed by atoms with Crippen LogP contribution >= 0.6 is 0 Å². The normalized spacial score (nSPS) is 12.3. The zero-order valence-corrected chi connectivity index (χ0v) is 14.7. The molecular formula is C18H27N3O2. The average Bonchev–Trinajstić information content (AvgIpc) is 2.49. The Morgan fingerprint density at radius 1 is 1.35 bits per heavy atom. The maximum Gasteiger partial charge on any atom is 0.410 e. The van der Waals surface area contributed by atoms with Crippen molar-refractivity contribution in [1.29, 1.82) is 5.26 Å². The summed E-state index contributed by atoms with van der Waals surface area (Å²) in [6, 6.07) is 9.78. The number of nitriles is 1. The van der Waals surface area contributed by atoms with Crippen LogP contribution in [0, 0.1) is 11.3 Å². The first-order chi connectivity index (χ1) is 10.8. The molecule has 0 aliphatic carbocycles. The number of rotatable bonds is 6. The van der Waals surface area contributed by atoms with Gasteiger partial charge in [-0.3, -0.25) is 0 Å². The van der Waals surface area contributed by atoms with Crippen LogP contribution in [0.25, 0.3) is 0 Å². The highest BCUT2D eigenvalue weighted by atomic mass is 16.6. The summed E-state index contributed by atoms with van der Waals surface area (Å²) in [7, 11) is 0. The first kappa shape index (κ1) is 19.0. The topological polar surface area (TPSA) is 65.4 Å². The summed E-state index contributed by atoms with van der Waals surface area (Å²) in [6.07, 6.45) is -0.284. The van der Waals surface area contributed by atoms with Gasteiger partial charge in [0, 0.05) is 25.7 Å². The van der Waals surface area contributed by atoms with E-state index in [9.17, 15) is 4.79 Å². The van der Waals surface area contributed by atoms with Gasteiger partial charge in [-0.15, -0.1) is 0 Å². The van der Waals surface area contributed by atoms with E-state index in [1.54, 1.807) is 4.90 Å². The van der Waals surface area contributed by atoms with Gasteiger partial charge in [0.05, 0.1) is 11.6 Å². The fourth-order valence-electron chi connectivity index (χ4n) is 2.09. The standard InChI is InChI=1S/C18H27N3O2/c1-6-21(17(22)23-18(3,4)5)12-11-20-14(2)16-9-7-15(13-19)8-10-16/h7-10,14,20H,6,11-12H2,1-5H3. The number of nitrogens with zero attached hydrogens (tertiary/aromatic N) is 2. The number of hydrogen-bond acceptors (Lipinski definition) is 4. The molecule has 0 saturated carbocycles. The van der Waals surface area contributed by atoms with Gasteiger partial charge < -0.3 is 15.0 Å². The van der Waals surface area contributed by atoms with Crippen molar-refractivity contribution in [3.05, 3.63) is 35.4 Å². The van der Waals surface area contributed by atoms with Crippen molar-refractivity contribution in [2.45, 2.75) is 46.3 Å². The van der Waals surface area contributed by atoms with Gasteiger partial charge in [-0.25, -0.2) is 4.79 Å². The molecule has 1 unspecified atom stereocenters. The Kier molecular flexibility index (Phi) is 7.05. The molecule has 23 heavy (non-hydrogen) atoms. The minimum Gasteiger partial charge on any atom is -0.444 e. The number of carbonyl (C=O) groups is 1. The van der Waals surface area contributed by atoms with E-state index in [-0.39, 0.29) is 12.1 Å². The van der Waals surface area contributed by atoms with Gasteiger partial charge in [0.1, 0.15) is 5.60 Å². The van der Waals surface area contributed by atoms with E-state index in [0.717, 1.165) is 5.56 Å². The van der Waals surface area contributed by atoms with Crippen LogP contribution in [0.4, 0.5) is 4.79 Å². The smallest absolute Gasteiger partial charge is 0.410 e. The van der Waals surface area contributed by atoms with Crippen molar-refractivity contribution in [2.24, 2.45) is 0 Å². The van der Waals surface area contributed by atoms with Gasteiger partial charge in [-0.2, -0.15) is 5.26 Å². The van der Waals surface area contributed by atoms with E-state index in [0.29, 0.717) is 25.2 Å². The molecule has 0 radical (unpaired) electrons. The molecule has 0 heterocycles. The first-order valence-corrected chi connectivity index (χ1v) is 7.98. The molecule has 5 nitrogen and oxygen atoms in total. The van der Waals surface area contributed by atoms with Crippen molar-refractivity contribution < 1.29 is 9.53 Å². The summed E-state index contributed by atoms with van der Waals surface area (Å²) in [4.78, 5) is 13.7. The van der Waals surface area contributed by atoms with Gasteiger partial charge >= 0.3 is 6.09 Å². The van der Waals surface area contributed by atoms with E-state index >= 15 is 0 Å². The Hall–Kier alpha value is -2.06. The highest BCUT2D eigenvalue weighted by molar-refractivity contribution is 5.68. The van der Waals surface area contributed by atoms with E-state index in [4.69, 9.17) is 10.00 Å². The van der Waals surface area contributed by atoms with Crippen LogP contribution in [0.2, 0.25) is 0 Å². The van der Waals surface area contributed by atoms with Crippen LogP contribution in [-0.2, 0) is 4.74 Å². The molecule has 0 aliphatic rings. The second kappa shape index (κ2) is 8.54. The number of hydrogen-bond donors (Lipinski definition) is 1. The highest BCUT2D eigenvalue weighted by Crippen LogP contribution is 2.13. The van der Waals surface area contributed by atoms with E-state index in [1.807, 2.05) is 52.0 Å². The highest BCUT2D eigenvalue weighted by Gasteiger charge is 2.20. The second-order valence-corrected chi connectivity index (χ2v) is 6.47. The molecule has 0 bridgehead atoms. The number of carbonyl (C=O) groups excluding carboxylic acids is 1. The van der Waals surface area contributed by atoms with Crippen molar-refractivity contribution in [1.82, 2.24) is 10.2 Å². The van der Waals surface area contributed by atoms with Crippen LogP contribution < -0.4 is 5.32 Å². The third-order valence-electron chi connectivity index (χ3n) is 3.41. The van der Waals surface area contributed by atoms with Crippen LogP contribution in [0.3, 0.4) is 0 Å². The summed E-state index contributed by atoms with van der Waals surface area (Å²) in [5.41, 5.74) is 1.29. The quantitative estimate of drug-likeness (QED) is 0.872. The zero-order chi connectivity index (χ0) is 17.5. The molecule has 0 saturated heterocycles. The van der Waals surface area contributed by atoms with Crippen LogP contribution in [0.1, 0.15) is 51.8 Å². The third-order valence-corrected chi connectivity index (χ3v) is 3.41. The third kappa shape index (κ3) is 6.70. The van der Waals surface area contributed by atoms with Gasteiger partial charge in [-0.05, 0) is 52.3 Å². The van der Waals surface area contributed by atoms with E-state index < -0.39 is 5.60 Å². The lowest BCUT2D eigenvalue weighted by atomic mass is 10.1. The minimum atomic E-state index is -0.478. The molecular weight excluding hydrogens is 290 g/mol. The maximum absolute atomic E-state index is 12.1. The molecule has 1 N–H and O–H groups in total. The summed E-state index contributed by atoms with van der Waals surface area (Å²) in [5, 5.41) is 12.2. The monoisotopic (exact) mass is 317 g/mol. The minimum absolute atomic E-state index is 0.153. The van der Waals surface area contributed by atoms with Crippen molar-refractivity contribution in [3.8, 4) is 6.07 Å². The molecule has 1 atom stereocenters. The SMILES string of the molecule is CCN(CCNC(C)c1ccc(C#N)cc1)C(=O)OC(C)(C)C. The Morgan fingerprint density at radius 2 is 1.96 bits per heavy atom. The fourth-order valence-corrected chi connectivity index (χ4v) is 2.09. The Bertz CT molecular complexity index is 541. The molecule has 0 aromatic heterocycles. The first-order valence-electron chi connectivity index (χ1n) is 7.98. The predicted molar refractivity (Wildman–Crippen MR) is 91.1 cm³/mol. The lowest BCUT2D eigenvalue weighted by molar-refractivity contribution is 0.0261. The molecule has 126 valence electrons. The lowest BCUT2D eigenvalue weighted by Crippen LogP contribution is -2.40. The average molecular weight is 317 g/mol. The van der Waals surface area contributed by atoms with E-state index in [1.165, 1.54) is 0 Å². The summed E-state index contributed by atoms with van der Waals surface area (Å²) in [5.74, 6) is 0. The summed E-state index contributed by atoms with van der Waals surface area (Å²) < 4.78 is 5.39. The van der Waals surface area contributed by atoms with Crippen molar-refractivity contribution in [2.75, 3.05) is 19.6 Å². The van der Waals surface area contributed by atoms with Crippen molar-refractivity contribution in [3.63, 3.8) is 0 Å². The fraction of sp³-hybridized carbons (Fsp3) is 0.556. The van der Waals surface area contributed by atoms with Gasteiger partial charge in [0.25, 0.3) is 0 Å². The lowest BCUT2D eigenvalue weighted by Gasteiger charge is -2.27. The van der Waals surface area contributed by atoms with Crippen LogP contribution in [-0.4, -0.2) is 36.2 Å². The number of likely N-dealkylation sites (N-methyl/N-ethyl adjacent to an activating group) is 1. The maximum atomic E-state index is 12.1. The summed E-state index contributed by atoms with van der Waals surface area (Å²) >= 11 is 0. The Balaban J connectivity index is 2.47. The predicted octanol–water partition coefficient (Wildman–Crippen LogP) is 3.47. The molecule has 1 rings (SSSR count). The van der Waals surface area contributed by atoms with Gasteiger partial charge in [0.2, 0.25) is 0 Å². The Morgan fingerprint density at radius 3 is 2.43 bits per heavy atom. The molecule has 0 spiro atoms. The number of benzene rings is 1. The Labute approximate surface area is 139 Å². The second-order valence-electron chi connectivity index (χ2n) is 6.47. The molecule has 5 heteroatoms. The van der Waals surface area contributed by atoms with E-state index in [2.05, 4.69) is 18.3 Å². The van der Waals surface area contributed by atoms with Crippen molar-refractivity contribution >= 4 is 6.09 Å². The molecule has 1 aromatic carbocycles. The molecule has 1 amide bonds. The number of ether oxygens (including phenoxy) is 1. The van der Waals surface area contributed by atoms with Gasteiger partial charge in [-0.1, -0.05) is 12.1 Å².